The third-order valence-electron chi connectivity index (χ3n) is 6.21. The maximum absolute atomic E-state index is 13.8. The van der Waals surface area contributed by atoms with Gasteiger partial charge in [0.1, 0.15) is 27.2 Å². The van der Waals surface area contributed by atoms with E-state index in [9.17, 15) is 16.8 Å². The van der Waals surface area contributed by atoms with Gasteiger partial charge in [-0.25, -0.2) is 16.8 Å². The molecule has 3 aromatic heterocycles. The van der Waals surface area contributed by atoms with Crippen LogP contribution in [0.5, 0.6) is 11.5 Å². The number of hydrogen-bond donors (Lipinski definition) is 1. The van der Waals surface area contributed by atoms with Crippen molar-refractivity contribution in [1.29, 1.82) is 0 Å². The Hall–Kier alpha value is -2.85. The summed E-state index contributed by atoms with van der Waals surface area (Å²) in [5, 5.41) is 4.99. The number of likely N-dealkylation sites (N-methyl/N-ethyl adjacent to an activating group) is 1. The van der Waals surface area contributed by atoms with Gasteiger partial charge in [-0.05, 0) is 62.1 Å². The van der Waals surface area contributed by atoms with Crippen LogP contribution < -0.4 is 14.2 Å². The summed E-state index contributed by atoms with van der Waals surface area (Å²) in [5.74, 6) is 1.05. The Morgan fingerprint density at radius 2 is 1.74 bits per heavy atom. The summed E-state index contributed by atoms with van der Waals surface area (Å²) in [6.45, 7) is 1.57. The molecule has 5 aromatic rings. The number of benzene rings is 2. The zero-order valence-electron chi connectivity index (χ0n) is 23.1. The number of anilines is 1. The molecule has 0 aliphatic heterocycles. The first-order chi connectivity index (χ1) is 20.4. The van der Waals surface area contributed by atoms with Crippen LogP contribution in [0.1, 0.15) is 5.56 Å². The van der Waals surface area contributed by atoms with E-state index < -0.39 is 29.0 Å². The number of sulfonamides is 1. The Kier molecular flexibility index (Phi) is 9.28. The van der Waals surface area contributed by atoms with Crippen LogP contribution in [0.4, 0.5) is 5.82 Å². The number of nitrogens with one attached hydrogen (secondary N) is 1. The molecule has 10 nitrogen and oxygen atoms in total. The van der Waals surface area contributed by atoms with Crippen molar-refractivity contribution in [1.82, 2.24) is 14.7 Å². The van der Waals surface area contributed by atoms with Crippen LogP contribution in [0.3, 0.4) is 0 Å². The predicted molar refractivity (Wildman–Crippen MR) is 171 cm³/mol. The Morgan fingerprint density at radius 3 is 2.44 bits per heavy atom. The normalized spacial score (nSPS) is 12.2. The van der Waals surface area contributed by atoms with Gasteiger partial charge in [0.05, 0.1) is 33.2 Å². The van der Waals surface area contributed by atoms with Crippen molar-refractivity contribution in [3.63, 3.8) is 0 Å². The zero-order valence-corrected chi connectivity index (χ0v) is 27.9. The molecule has 0 aliphatic rings. The lowest BCUT2D eigenvalue weighted by molar-refractivity contribution is 0.261. The quantitative estimate of drug-likeness (QED) is 0.166. The number of thiophene rings is 2. The SMILES string of the molecule is COc1cccc2c1c(NS(=O)(=O)c1sc(Cl)cc1S(=O)(=O)c1ccc(Cl)s1)nn2Cc1cccc(OCCN(C)C)c1. The predicted octanol–water partition coefficient (Wildman–Crippen LogP) is 6.10. The molecular weight excluding hydrogens is 675 g/mol. The number of methoxy groups -OCH3 is 1. The summed E-state index contributed by atoms with van der Waals surface area (Å²) in [7, 11) is -3.32. The molecule has 3 heterocycles. The zero-order chi connectivity index (χ0) is 30.9. The Morgan fingerprint density at radius 1 is 0.977 bits per heavy atom. The van der Waals surface area contributed by atoms with Crippen LogP contribution in [-0.2, 0) is 26.4 Å². The maximum Gasteiger partial charge on any atom is 0.274 e. The van der Waals surface area contributed by atoms with Gasteiger partial charge in [-0.3, -0.25) is 9.40 Å². The number of aromatic nitrogens is 2. The second kappa shape index (κ2) is 12.6. The van der Waals surface area contributed by atoms with Gasteiger partial charge in [-0.15, -0.1) is 22.7 Å². The highest BCUT2D eigenvalue weighted by atomic mass is 35.5. The van der Waals surface area contributed by atoms with Gasteiger partial charge in [0.15, 0.2) is 10.0 Å². The summed E-state index contributed by atoms with van der Waals surface area (Å²) in [6.07, 6.45) is 0. The van der Waals surface area contributed by atoms with Crippen molar-refractivity contribution < 1.29 is 26.3 Å². The highest BCUT2D eigenvalue weighted by Crippen LogP contribution is 2.41. The first-order valence-corrected chi connectivity index (χ1v) is 18.0. The average Bonchev–Trinajstić information content (AvgIpc) is 3.66. The van der Waals surface area contributed by atoms with Gasteiger partial charge in [-0.2, -0.15) is 5.10 Å². The molecule has 0 atom stereocenters. The first-order valence-electron chi connectivity index (χ1n) is 12.6. The number of sulfone groups is 1. The molecular formula is C27H26Cl2N4O6S4. The number of ether oxygens (including phenoxy) is 2. The summed E-state index contributed by atoms with van der Waals surface area (Å²) < 4.78 is 69.5. The lowest BCUT2D eigenvalue weighted by Gasteiger charge is -2.12. The number of nitrogens with zero attached hydrogens (tertiary/aromatic N) is 3. The summed E-state index contributed by atoms with van der Waals surface area (Å²) in [6, 6.07) is 16.7. The van der Waals surface area contributed by atoms with Crippen LogP contribution in [0.2, 0.25) is 8.67 Å². The molecule has 1 N–H and O–H groups in total. The lowest BCUT2D eigenvalue weighted by Crippen LogP contribution is -2.19. The van der Waals surface area contributed by atoms with Crippen LogP contribution in [0, 0.1) is 0 Å². The molecule has 0 fully saturated rings. The van der Waals surface area contributed by atoms with Crippen molar-refractivity contribution in [2.24, 2.45) is 0 Å². The number of fused-ring (bicyclic) bond motifs is 1. The molecule has 0 amide bonds. The molecule has 16 heteroatoms. The maximum atomic E-state index is 13.8. The van der Waals surface area contributed by atoms with E-state index in [-0.39, 0.29) is 18.7 Å². The van der Waals surface area contributed by atoms with Crippen LogP contribution in [-0.4, -0.2) is 65.9 Å². The van der Waals surface area contributed by atoms with Gasteiger partial charge in [0.25, 0.3) is 10.0 Å². The number of rotatable bonds is 12. The topological polar surface area (TPSA) is 120 Å². The van der Waals surface area contributed by atoms with E-state index in [0.29, 0.717) is 46.9 Å². The molecule has 228 valence electrons. The van der Waals surface area contributed by atoms with Crippen molar-refractivity contribution in [2.75, 3.05) is 39.1 Å². The van der Waals surface area contributed by atoms with Gasteiger partial charge in [0, 0.05) is 6.54 Å². The van der Waals surface area contributed by atoms with E-state index in [1.54, 1.807) is 22.9 Å². The molecule has 5 rings (SSSR count). The molecule has 0 unspecified atom stereocenters. The Balaban J connectivity index is 1.52. The van der Waals surface area contributed by atoms with Crippen LogP contribution in [0.25, 0.3) is 10.9 Å². The summed E-state index contributed by atoms with van der Waals surface area (Å²) in [5.41, 5.74) is 1.47. The summed E-state index contributed by atoms with van der Waals surface area (Å²) >= 11 is 13.6. The molecule has 2 aromatic carbocycles. The molecule has 0 bridgehead atoms. The van der Waals surface area contributed by atoms with E-state index in [4.69, 9.17) is 32.7 Å². The van der Waals surface area contributed by atoms with Crippen molar-refractivity contribution in [2.45, 2.75) is 19.9 Å². The van der Waals surface area contributed by atoms with E-state index in [1.807, 2.05) is 43.3 Å². The lowest BCUT2D eigenvalue weighted by atomic mass is 10.2. The molecule has 0 spiro atoms. The van der Waals surface area contributed by atoms with Gasteiger partial charge in [0.2, 0.25) is 9.84 Å². The smallest absolute Gasteiger partial charge is 0.274 e. The molecule has 0 saturated carbocycles. The van der Waals surface area contributed by atoms with Gasteiger partial charge >= 0.3 is 0 Å². The fourth-order valence-electron chi connectivity index (χ4n) is 4.24. The van der Waals surface area contributed by atoms with E-state index in [2.05, 4.69) is 9.82 Å². The van der Waals surface area contributed by atoms with E-state index in [0.717, 1.165) is 29.5 Å². The Labute approximate surface area is 267 Å². The molecule has 0 saturated heterocycles. The number of hydrogen-bond acceptors (Lipinski definition) is 10. The minimum Gasteiger partial charge on any atom is -0.496 e. The van der Waals surface area contributed by atoms with Crippen LogP contribution in [0.15, 0.2) is 74.0 Å². The first kappa shape index (κ1) is 31.6. The minimum atomic E-state index is -4.49. The third kappa shape index (κ3) is 6.80. The average molecular weight is 702 g/mol. The molecule has 43 heavy (non-hydrogen) atoms. The van der Waals surface area contributed by atoms with E-state index in [1.165, 1.54) is 19.2 Å². The molecule has 0 aliphatic carbocycles. The van der Waals surface area contributed by atoms with Crippen LogP contribution >= 0.6 is 45.9 Å². The molecule has 0 radical (unpaired) electrons. The highest BCUT2D eigenvalue weighted by molar-refractivity contribution is 7.97. The fourth-order valence-corrected chi connectivity index (χ4v) is 11.0. The second-order valence-electron chi connectivity index (χ2n) is 9.53. The van der Waals surface area contributed by atoms with Gasteiger partial charge in [-0.1, -0.05) is 41.4 Å². The third-order valence-corrected chi connectivity index (χ3v) is 13.1. The highest BCUT2D eigenvalue weighted by Gasteiger charge is 2.33. The standard InChI is InChI=1S/C27H26Cl2N4O6S4/c1-32(2)12-13-39-18-7-4-6-17(14-18)16-33-19-8-5-9-20(38-3)25(19)26(30-33)31-43(36,37)27-21(15-23(29)41-27)42(34,35)24-11-10-22(28)40-24/h4-11,14-15H,12-13,16H2,1-3H3,(H,30,31). The number of halogens is 2. The minimum absolute atomic E-state index is 0.0118. The monoisotopic (exact) mass is 700 g/mol. The van der Waals surface area contributed by atoms with Crippen molar-refractivity contribution in [3.05, 3.63) is 74.9 Å². The van der Waals surface area contributed by atoms with E-state index >= 15 is 0 Å². The second-order valence-corrected chi connectivity index (χ2v) is 17.0. The summed E-state index contributed by atoms with van der Waals surface area (Å²) in [4.78, 5) is 1.58. The van der Waals surface area contributed by atoms with Crippen molar-refractivity contribution in [3.8, 4) is 11.5 Å². The largest absolute Gasteiger partial charge is 0.496 e. The van der Waals surface area contributed by atoms with Crippen molar-refractivity contribution >= 4 is 82.5 Å². The fraction of sp³-hybridized carbons (Fsp3) is 0.222. The Bertz CT molecular complexity index is 2000. The van der Waals surface area contributed by atoms with Gasteiger partial charge < -0.3 is 14.4 Å².